The topological polar surface area (TPSA) is 149 Å². The van der Waals surface area contributed by atoms with Crippen LogP contribution in [0.3, 0.4) is 0 Å². The second-order valence-electron chi connectivity index (χ2n) is 11.5. The van der Waals surface area contributed by atoms with Crippen LogP contribution in [0.4, 0.5) is 16.3 Å². The minimum atomic E-state index is -0.461. The molecule has 4 N–H and O–H groups in total. The minimum Gasteiger partial charge on any atom is -0.496 e. The first-order chi connectivity index (χ1) is 22.0. The summed E-state index contributed by atoms with van der Waals surface area (Å²) in [6.07, 6.45) is 1.59. The number of nitrogens with one attached hydrogen (secondary N) is 3. The molecule has 3 amide bonds. The van der Waals surface area contributed by atoms with E-state index in [0.717, 1.165) is 16.5 Å². The molecular weight excluding hydrogens is 588 g/mol. The molecule has 0 fully saturated rings. The van der Waals surface area contributed by atoms with Crippen LogP contribution in [0, 0.1) is 0 Å². The lowest BCUT2D eigenvalue weighted by atomic mass is 9.92. The number of rotatable bonds is 10. The maximum absolute atomic E-state index is 13.4. The average molecular weight is 625 g/mol. The zero-order valence-corrected chi connectivity index (χ0v) is 26.2. The Morgan fingerprint density at radius 1 is 0.935 bits per heavy atom. The number of anilines is 2. The number of carbonyl (C=O) groups is 2. The largest absolute Gasteiger partial charge is 0.496 e. The minimum absolute atomic E-state index is 0.0765. The maximum Gasteiger partial charge on any atom is 0.324 e. The van der Waals surface area contributed by atoms with Gasteiger partial charge < -0.3 is 19.9 Å². The van der Waals surface area contributed by atoms with Crippen LogP contribution < -0.4 is 25.6 Å². The number of hydrogen-bond donors (Lipinski definition) is 4. The highest BCUT2D eigenvalue weighted by Crippen LogP contribution is 2.35. The van der Waals surface area contributed by atoms with Crippen molar-refractivity contribution in [2.75, 3.05) is 17.7 Å². The van der Waals surface area contributed by atoms with Gasteiger partial charge in [0.15, 0.2) is 0 Å². The Labute approximate surface area is 266 Å². The van der Waals surface area contributed by atoms with E-state index in [2.05, 4.69) is 21.1 Å². The van der Waals surface area contributed by atoms with Crippen LogP contribution in [0.25, 0.3) is 16.5 Å². The van der Waals surface area contributed by atoms with E-state index in [9.17, 15) is 14.7 Å². The Bertz CT molecular complexity index is 1880. The SMILES string of the molecule is COc1cc(-n2nc(C(C)(C)C)cc2NC(=O)Nc2ccc(Oc3ccnc(CONC(C)=O)c3)c3ccccc23)ccc1CO. The highest BCUT2D eigenvalue weighted by atomic mass is 16.6. The average Bonchev–Trinajstić information content (AvgIpc) is 3.46. The lowest BCUT2D eigenvalue weighted by Gasteiger charge is -2.15. The molecule has 0 aliphatic carbocycles. The first-order valence-corrected chi connectivity index (χ1v) is 14.6. The van der Waals surface area contributed by atoms with Crippen LogP contribution in [-0.4, -0.2) is 38.9 Å². The van der Waals surface area contributed by atoms with Gasteiger partial charge in [-0.25, -0.2) is 15.0 Å². The molecule has 0 unspecified atom stereocenters. The third-order valence-corrected chi connectivity index (χ3v) is 6.99. The van der Waals surface area contributed by atoms with Gasteiger partial charge in [-0.15, -0.1) is 0 Å². The predicted octanol–water partition coefficient (Wildman–Crippen LogP) is 6.22. The van der Waals surface area contributed by atoms with Crippen molar-refractivity contribution in [1.82, 2.24) is 20.2 Å². The van der Waals surface area contributed by atoms with E-state index in [4.69, 9.17) is 19.4 Å². The van der Waals surface area contributed by atoms with Gasteiger partial charge in [-0.05, 0) is 24.3 Å². The van der Waals surface area contributed by atoms with E-state index in [0.29, 0.717) is 45.7 Å². The number of ether oxygens (including phenoxy) is 2. The molecule has 5 aromatic rings. The number of fused-ring (bicyclic) bond motifs is 1. The fourth-order valence-electron chi connectivity index (χ4n) is 4.71. The van der Waals surface area contributed by atoms with Gasteiger partial charge in [-0.2, -0.15) is 5.10 Å². The summed E-state index contributed by atoms with van der Waals surface area (Å²) < 4.78 is 13.3. The number of nitrogens with zero attached hydrogens (tertiary/aromatic N) is 3. The van der Waals surface area contributed by atoms with Crippen molar-refractivity contribution >= 4 is 34.2 Å². The molecule has 0 aliphatic heterocycles. The summed E-state index contributed by atoms with van der Waals surface area (Å²) in [4.78, 5) is 33.9. The number of hydroxylamine groups is 1. The monoisotopic (exact) mass is 624 g/mol. The number of aromatic nitrogens is 3. The zero-order chi connectivity index (χ0) is 32.8. The molecule has 0 saturated heterocycles. The number of urea groups is 1. The second-order valence-corrected chi connectivity index (χ2v) is 11.5. The smallest absolute Gasteiger partial charge is 0.324 e. The first-order valence-electron chi connectivity index (χ1n) is 14.6. The van der Waals surface area contributed by atoms with Crippen LogP contribution in [0.5, 0.6) is 17.2 Å². The predicted molar refractivity (Wildman–Crippen MR) is 174 cm³/mol. The van der Waals surface area contributed by atoms with Crippen molar-refractivity contribution in [2.24, 2.45) is 0 Å². The summed E-state index contributed by atoms with van der Waals surface area (Å²) in [5, 5.41) is 21.9. The normalized spacial score (nSPS) is 11.3. The molecule has 46 heavy (non-hydrogen) atoms. The molecule has 12 nitrogen and oxygen atoms in total. The van der Waals surface area contributed by atoms with Crippen LogP contribution in [0.1, 0.15) is 44.6 Å². The summed E-state index contributed by atoms with van der Waals surface area (Å²) in [6.45, 7) is 7.39. The molecule has 0 radical (unpaired) electrons. The van der Waals surface area contributed by atoms with Gasteiger partial charge in [-0.1, -0.05) is 51.1 Å². The fourth-order valence-corrected chi connectivity index (χ4v) is 4.71. The molecular formula is C34H36N6O6. The molecule has 3 aromatic carbocycles. The molecule has 5 rings (SSSR count). The highest BCUT2D eigenvalue weighted by molar-refractivity contribution is 6.07. The van der Waals surface area contributed by atoms with Crippen molar-refractivity contribution in [3.05, 3.63) is 95.9 Å². The van der Waals surface area contributed by atoms with Crippen molar-refractivity contribution in [3.8, 4) is 22.9 Å². The molecule has 0 aliphatic rings. The van der Waals surface area contributed by atoms with Crippen molar-refractivity contribution in [1.29, 1.82) is 0 Å². The summed E-state index contributed by atoms with van der Waals surface area (Å²) in [7, 11) is 1.54. The lowest BCUT2D eigenvalue weighted by molar-refractivity contribution is -0.132. The first kappa shape index (κ1) is 31.9. The molecule has 0 atom stereocenters. The van der Waals surface area contributed by atoms with Gasteiger partial charge in [0.25, 0.3) is 0 Å². The van der Waals surface area contributed by atoms with Crippen LogP contribution in [0.15, 0.2) is 79.0 Å². The van der Waals surface area contributed by atoms with E-state index in [-0.39, 0.29) is 24.5 Å². The number of amides is 3. The number of carbonyl (C=O) groups excluding carboxylic acids is 2. The molecule has 0 bridgehead atoms. The summed E-state index contributed by atoms with van der Waals surface area (Å²) in [5.41, 5.74) is 5.22. The Balaban J connectivity index is 1.39. The Hall–Kier alpha value is -5.46. The van der Waals surface area contributed by atoms with E-state index in [1.54, 1.807) is 47.3 Å². The van der Waals surface area contributed by atoms with Gasteiger partial charge in [0.05, 0.1) is 36.5 Å². The number of methoxy groups -OCH3 is 1. The molecule has 238 valence electrons. The van der Waals surface area contributed by atoms with E-state index < -0.39 is 6.03 Å². The van der Waals surface area contributed by atoms with Gasteiger partial charge in [0, 0.05) is 53.1 Å². The highest BCUT2D eigenvalue weighted by Gasteiger charge is 2.22. The maximum atomic E-state index is 13.4. The second kappa shape index (κ2) is 13.7. The van der Waals surface area contributed by atoms with Gasteiger partial charge in [-0.3, -0.25) is 19.9 Å². The van der Waals surface area contributed by atoms with E-state index in [1.807, 2.05) is 57.2 Å². The third-order valence-electron chi connectivity index (χ3n) is 6.99. The number of pyridine rings is 1. The molecule has 2 aromatic heterocycles. The zero-order valence-electron chi connectivity index (χ0n) is 26.2. The fraction of sp³-hybridized carbons (Fsp3) is 0.235. The van der Waals surface area contributed by atoms with Crippen LogP contribution in [-0.2, 0) is 28.3 Å². The quantitative estimate of drug-likeness (QED) is 0.134. The van der Waals surface area contributed by atoms with Gasteiger partial charge >= 0.3 is 6.03 Å². The molecule has 0 spiro atoms. The summed E-state index contributed by atoms with van der Waals surface area (Å²) in [5.74, 6) is 1.77. The van der Waals surface area contributed by atoms with E-state index in [1.165, 1.54) is 14.0 Å². The van der Waals surface area contributed by atoms with Crippen molar-refractivity contribution in [3.63, 3.8) is 0 Å². The number of hydrogen-bond acceptors (Lipinski definition) is 8. The van der Waals surface area contributed by atoms with E-state index >= 15 is 0 Å². The number of aliphatic hydroxyl groups excluding tert-OH is 1. The Kier molecular flexibility index (Phi) is 9.50. The van der Waals surface area contributed by atoms with Crippen LogP contribution >= 0.6 is 0 Å². The van der Waals surface area contributed by atoms with Gasteiger partial charge in [0.2, 0.25) is 5.91 Å². The summed E-state index contributed by atoms with van der Waals surface area (Å²) >= 11 is 0. The molecule has 12 heteroatoms. The molecule has 0 saturated carbocycles. The standard InChI is InChI=1S/C34H36N6O6/c1-21(42)39-45-20-23-16-25(14-15-35-23)46-29-13-12-28(26-8-6-7-9-27(26)29)36-33(43)37-32-18-31(34(2,3)4)38-40(32)24-11-10-22(19-41)30(17-24)44-5/h6-18,41H,19-20H2,1-5H3,(H,39,42)(H2,36,37,43). The molecule has 2 heterocycles. The third kappa shape index (κ3) is 7.42. The Morgan fingerprint density at radius 3 is 2.43 bits per heavy atom. The summed E-state index contributed by atoms with van der Waals surface area (Å²) in [6, 6.07) is 21.3. The number of aliphatic hydroxyl groups is 1. The Morgan fingerprint density at radius 2 is 1.72 bits per heavy atom. The van der Waals surface area contributed by atoms with Crippen molar-refractivity contribution in [2.45, 2.75) is 46.3 Å². The number of benzene rings is 3. The van der Waals surface area contributed by atoms with Crippen LogP contribution in [0.2, 0.25) is 0 Å². The van der Waals surface area contributed by atoms with Crippen molar-refractivity contribution < 1.29 is 29.0 Å². The van der Waals surface area contributed by atoms with Gasteiger partial charge in [0.1, 0.15) is 29.7 Å². The lowest BCUT2D eigenvalue weighted by Crippen LogP contribution is -2.21.